The molecule has 6 nitrogen and oxygen atoms in total. The molecule has 154 valence electrons. The van der Waals surface area contributed by atoms with Crippen molar-refractivity contribution in [2.24, 2.45) is 5.10 Å². The molecule has 0 aliphatic rings. The van der Waals surface area contributed by atoms with Crippen LogP contribution in [-0.4, -0.2) is 25.8 Å². The lowest BCUT2D eigenvalue weighted by molar-refractivity contribution is 0.0954. The number of hydrogen-bond donors (Lipinski definition) is 1. The maximum Gasteiger partial charge on any atom is 0.271 e. The average molecular weight is 404 g/mol. The largest absolute Gasteiger partial charge is 0.497 e. The number of amides is 1. The summed E-state index contributed by atoms with van der Waals surface area (Å²) in [7, 11) is 1.60. The van der Waals surface area contributed by atoms with Crippen LogP contribution in [0.15, 0.2) is 77.9 Å². The Bertz CT molecular complexity index is 1000. The summed E-state index contributed by atoms with van der Waals surface area (Å²) >= 11 is 0. The second kappa shape index (κ2) is 10.7. The lowest BCUT2D eigenvalue weighted by Crippen LogP contribution is -2.17. The number of hydrogen-bond acceptors (Lipinski definition) is 5. The SMILES string of the molecule is CCOc1cc(C(=O)N/N=C/c2cccc(OC)c2)ccc1OCc1ccccc1. The van der Waals surface area contributed by atoms with Crippen LogP contribution in [0.2, 0.25) is 0 Å². The van der Waals surface area contributed by atoms with Crippen molar-refractivity contribution >= 4 is 12.1 Å². The number of methoxy groups -OCH3 is 1. The van der Waals surface area contributed by atoms with Crippen molar-refractivity contribution in [2.45, 2.75) is 13.5 Å². The van der Waals surface area contributed by atoms with Crippen molar-refractivity contribution in [1.82, 2.24) is 5.43 Å². The van der Waals surface area contributed by atoms with Crippen molar-refractivity contribution in [2.75, 3.05) is 13.7 Å². The van der Waals surface area contributed by atoms with Crippen LogP contribution >= 0.6 is 0 Å². The first-order valence-electron chi connectivity index (χ1n) is 9.60. The van der Waals surface area contributed by atoms with Crippen molar-refractivity contribution < 1.29 is 19.0 Å². The minimum Gasteiger partial charge on any atom is -0.497 e. The fraction of sp³-hybridized carbons (Fsp3) is 0.167. The standard InChI is InChI=1S/C24H24N2O4/c1-3-29-23-15-20(12-13-22(23)30-17-18-8-5-4-6-9-18)24(27)26-25-16-19-10-7-11-21(14-19)28-2/h4-16H,3,17H2,1-2H3,(H,26,27)/b25-16+. The van der Waals surface area contributed by atoms with Crippen LogP contribution in [0.5, 0.6) is 17.2 Å². The van der Waals surface area contributed by atoms with E-state index in [1.165, 1.54) is 0 Å². The highest BCUT2D eigenvalue weighted by Crippen LogP contribution is 2.29. The number of benzene rings is 3. The molecule has 1 N–H and O–H groups in total. The van der Waals surface area contributed by atoms with Crippen LogP contribution in [0.4, 0.5) is 0 Å². The smallest absolute Gasteiger partial charge is 0.271 e. The van der Waals surface area contributed by atoms with Gasteiger partial charge in [-0.1, -0.05) is 42.5 Å². The third-order valence-electron chi connectivity index (χ3n) is 4.22. The Balaban J connectivity index is 1.66. The molecule has 0 aliphatic heterocycles. The Kier molecular flexibility index (Phi) is 7.44. The molecule has 3 rings (SSSR count). The average Bonchev–Trinajstić information content (AvgIpc) is 2.79. The molecule has 0 saturated carbocycles. The number of ether oxygens (including phenoxy) is 3. The number of hydrazone groups is 1. The van der Waals surface area contributed by atoms with Gasteiger partial charge in [-0.3, -0.25) is 4.79 Å². The summed E-state index contributed by atoms with van der Waals surface area (Å²) in [5, 5.41) is 4.02. The third kappa shape index (κ3) is 5.85. The number of nitrogens with zero attached hydrogens (tertiary/aromatic N) is 1. The molecule has 0 bridgehead atoms. The fourth-order valence-corrected chi connectivity index (χ4v) is 2.72. The summed E-state index contributed by atoms with van der Waals surface area (Å²) in [6.07, 6.45) is 1.56. The molecule has 30 heavy (non-hydrogen) atoms. The maximum atomic E-state index is 12.5. The Morgan fingerprint density at radius 1 is 0.967 bits per heavy atom. The van der Waals surface area contributed by atoms with Gasteiger partial charge in [0.15, 0.2) is 11.5 Å². The molecule has 3 aromatic rings. The van der Waals surface area contributed by atoms with Gasteiger partial charge in [-0.05, 0) is 48.4 Å². The Morgan fingerprint density at radius 2 is 1.80 bits per heavy atom. The molecule has 0 spiro atoms. The highest BCUT2D eigenvalue weighted by atomic mass is 16.5. The van der Waals surface area contributed by atoms with Crippen LogP contribution in [-0.2, 0) is 6.61 Å². The molecule has 0 fully saturated rings. The Labute approximate surface area is 176 Å². The summed E-state index contributed by atoms with van der Waals surface area (Å²) in [6, 6.07) is 22.3. The number of rotatable bonds is 9. The Morgan fingerprint density at radius 3 is 2.57 bits per heavy atom. The quantitative estimate of drug-likeness (QED) is 0.423. The summed E-state index contributed by atoms with van der Waals surface area (Å²) < 4.78 is 16.7. The lowest BCUT2D eigenvalue weighted by Gasteiger charge is -2.13. The number of carbonyl (C=O) groups excluding carboxylic acids is 1. The zero-order chi connectivity index (χ0) is 21.2. The van der Waals surface area contributed by atoms with Crippen LogP contribution in [0.25, 0.3) is 0 Å². The monoisotopic (exact) mass is 404 g/mol. The van der Waals surface area contributed by atoms with Gasteiger partial charge in [0.1, 0.15) is 12.4 Å². The normalized spacial score (nSPS) is 10.6. The first-order chi connectivity index (χ1) is 14.7. The first-order valence-corrected chi connectivity index (χ1v) is 9.60. The van der Waals surface area contributed by atoms with Gasteiger partial charge in [0.05, 0.1) is 19.9 Å². The van der Waals surface area contributed by atoms with Crippen LogP contribution in [0.3, 0.4) is 0 Å². The van der Waals surface area contributed by atoms with Gasteiger partial charge in [-0.15, -0.1) is 0 Å². The van der Waals surface area contributed by atoms with Crippen molar-refractivity contribution in [3.8, 4) is 17.2 Å². The fourth-order valence-electron chi connectivity index (χ4n) is 2.72. The maximum absolute atomic E-state index is 12.5. The summed E-state index contributed by atoms with van der Waals surface area (Å²) in [6.45, 7) is 2.75. The molecule has 0 radical (unpaired) electrons. The van der Waals surface area contributed by atoms with E-state index in [1.807, 2.05) is 61.5 Å². The van der Waals surface area contributed by atoms with E-state index in [-0.39, 0.29) is 5.91 Å². The van der Waals surface area contributed by atoms with Crippen LogP contribution in [0.1, 0.15) is 28.4 Å². The van der Waals surface area contributed by atoms with Gasteiger partial charge in [0, 0.05) is 5.56 Å². The summed E-state index contributed by atoms with van der Waals surface area (Å²) in [5.41, 5.74) is 4.81. The van der Waals surface area contributed by atoms with Gasteiger partial charge in [-0.25, -0.2) is 5.43 Å². The van der Waals surface area contributed by atoms with Gasteiger partial charge in [0.25, 0.3) is 5.91 Å². The van der Waals surface area contributed by atoms with Crippen LogP contribution < -0.4 is 19.6 Å². The van der Waals surface area contributed by atoms with E-state index in [0.717, 1.165) is 16.9 Å². The minimum atomic E-state index is -0.343. The molecule has 0 aliphatic carbocycles. The topological polar surface area (TPSA) is 69.2 Å². The summed E-state index contributed by atoms with van der Waals surface area (Å²) in [5.74, 6) is 1.47. The van der Waals surface area contributed by atoms with Crippen molar-refractivity contribution in [1.29, 1.82) is 0 Å². The van der Waals surface area contributed by atoms with E-state index >= 15 is 0 Å². The van der Waals surface area contributed by atoms with Crippen LogP contribution in [0, 0.1) is 0 Å². The molecule has 3 aromatic carbocycles. The third-order valence-corrected chi connectivity index (χ3v) is 4.22. The van der Waals surface area contributed by atoms with E-state index < -0.39 is 0 Å². The zero-order valence-corrected chi connectivity index (χ0v) is 17.0. The number of carbonyl (C=O) groups is 1. The molecule has 0 heterocycles. The molecule has 0 saturated heterocycles. The second-order valence-electron chi connectivity index (χ2n) is 6.34. The molecule has 0 atom stereocenters. The molecular weight excluding hydrogens is 380 g/mol. The highest BCUT2D eigenvalue weighted by molar-refractivity contribution is 5.95. The second-order valence-corrected chi connectivity index (χ2v) is 6.34. The van der Waals surface area contributed by atoms with Crippen molar-refractivity contribution in [3.05, 3.63) is 89.5 Å². The first kappa shape index (κ1) is 20.9. The predicted octanol–water partition coefficient (Wildman–Crippen LogP) is 4.44. The van der Waals surface area contributed by atoms with Gasteiger partial charge < -0.3 is 14.2 Å². The highest BCUT2D eigenvalue weighted by Gasteiger charge is 2.11. The predicted molar refractivity (Wildman–Crippen MR) is 116 cm³/mol. The molecule has 6 heteroatoms. The lowest BCUT2D eigenvalue weighted by atomic mass is 10.2. The van der Waals surface area contributed by atoms with Gasteiger partial charge in [-0.2, -0.15) is 5.10 Å². The zero-order valence-electron chi connectivity index (χ0n) is 17.0. The number of nitrogens with one attached hydrogen (secondary N) is 1. The minimum absolute atomic E-state index is 0.343. The van der Waals surface area contributed by atoms with E-state index in [0.29, 0.717) is 30.3 Å². The molecule has 1 amide bonds. The van der Waals surface area contributed by atoms with Gasteiger partial charge in [0.2, 0.25) is 0 Å². The van der Waals surface area contributed by atoms with E-state index in [2.05, 4.69) is 10.5 Å². The molecule has 0 unspecified atom stereocenters. The van der Waals surface area contributed by atoms with E-state index in [4.69, 9.17) is 14.2 Å². The Hall–Kier alpha value is -3.80. The van der Waals surface area contributed by atoms with E-state index in [1.54, 1.807) is 31.5 Å². The summed E-state index contributed by atoms with van der Waals surface area (Å²) in [4.78, 5) is 12.5. The molecule has 0 aromatic heterocycles. The van der Waals surface area contributed by atoms with Crippen molar-refractivity contribution in [3.63, 3.8) is 0 Å². The van der Waals surface area contributed by atoms with Gasteiger partial charge >= 0.3 is 0 Å². The molecular formula is C24H24N2O4. The van der Waals surface area contributed by atoms with E-state index in [9.17, 15) is 4.79 Å².